The van der Waals surface area contributed by atoms with E-state index in [2.05, 4.69) is 10.2 Å². The van der Waals surface area contributed by atoms with Crippen molar-refractivity contribution in [3.8, 4) is 11.5 Å². The third kappa shape index (κ3) is 4.80. The van der Waals surface area contributed by atoms with Gasteiger partial charge in [-0.05, 0) is 35.9 Å². The van der Waals surface area contributed by atoms with E-state index in [0.717, 1.165) is 30.0 Å². The molecule has 1 N–H and O–H groups in total. The second kappa shape index (κ2) is 9.09. The molecule has 142 valence electrons. The second-order valence-electron chi connectivity index (χ2n) is 6.05. The van der Waals surface area contributed by atoms with E-state index < -0.39 is 0 Å². The van der Waals surface area contributed by atoms with Crippen LogP contribution < -0.4 is 19.7 Å². The minimum Gasteiger partial charge on any atom is -0.493 e. The number of hydrogen-bond donors (Lipinski definition) is 1. The molecule has 0 aliphatic carbocycles. The van der Waals surface area contributed by atoms with Crippen molar-refractivity contribution in [2.24, 2.45) is 0 Å². The Balaban J connectivity index is 1.70. The van der Waals surface area contributed by atoms with Gasteiger partial charge < -0.3 is 24.4 Å². The van der Waals surface area contributed by atoms with Gasteiger partial charge in [0, 0.05) is 19.2 Å². The molecular formula is C21H24N2O4. The van der Waals surface area contributed by atoms with Gasteiger partial charge in [-0.15, -0.1) is 0 Å². The van der Waals surface area contributed by atoms with Gasteiger partial charge in [-0.2, -0.15) is 0 Å². The van der Waals surface area contributed by atoms with Gasteiger partial charge in [-0.25, -0.2) is 0 Å². The lowest BCUT2D eigenvalue weighted by atomic mass is 10.2. The number of morpholine rings is 1. The van der Waals surface area contributed by atoms with Crippen LogP contribution in [0.2, 0.25) is 0 Å². The lowest BCUT2D eigenvalue weighted by Crippen LogP contribution is -2.36. The van der Waals surface area contributed by atoms with Gasteiger partial charge >= 0.3 is 0 Å². The summed E-state index contributed by atoms with van der Waals surface area (Å²) in [4.78, 5) is 14.6. The van der Waals surface area contributed by atoms with E-state index in [1.165, 1.54) is 6.08 Å². The molecule has 6 heteroatoms. The smallest absolute Gasteiger partial charge is 0.248 e. The summed E-state index contributed by atoms with van der Waals surface area (Å²) in [5, 5.41) is 2.97. The molecule has 1 saturated heterocycles. The van der Waals surface area contributed by atoms with E-state index >= 15 is 0 Å². The summed E-state index contributed by atoms with van der Waals surface area (Å²) >= 11 is 0. The molecule has 1 aliphatic rings. The fourth-order valence-corrected chi connectivity index (χ4v) is 2.96. The minimum atomic E-state index is -0.189. The molecule has 0 unspecified atom stereocenters. The first-order chi connectivity index (χ1) is 13.2. The molecule has 0 spiro atoms. The molecule has 2 aromatic rings. The summed E-state index contributed by atoms with van der Waals surface area (Å²) in [7, 11) is 3.17. The van der Waals surface area contributed by atoms with Gasteiger partial charge in [0.2, 0.25) is 5.91 Å². The molecule has 0 bridgehead atoms. The number of carbonyl (C=O) groups is 1. The summed E-state index contributed by atoms with van der Waals surface area (Å²) in [5.41, 5.74) is 2.65. The third-order valence-electron chi connectivity index (χ3n) is 4.35. The molecule has 0 atom stereocenters. The molecule has 6 nitrogen and oxygen atoms in total. The maximum atomic E-state index is 12.4. The Bertz CT molecular complexity index is 814. The predicted molar refractivity (Wildman–Crippen MR) is 107 cm³/mol. The van der Waals surface area contributed by atoms with Crippen molar-refractivity contribution in [2.45, 2.75) is 0 Å². The summed E-state index contributed by atoms with van der Waals surface area (Å²) in [6.07, 6.45) is 3.26. The van der Waals surface area contributed by atoms with Crippen LogP contribution in [0.25, 0.3) is 6.08 Å². The number of methoxy groups -OCH3 is 2. The molecule has 27 heavy (non-hydrogen) atoms. The van der Waals surface area contributed by atoms with E-state index in [0.29, 0.717) is 24.7 Å². The lowest BCUT2D eigenvalue weighted by molar-refractivity contribution is -0.111. The zero-order valence-electron chi connectivity index (χ0n) is 15.6. The van der Waals surface area contributed by atoms with E-state index in [1.807, 2.05) is 42.5 Å². The maximum Gasteiger partial charge on any atom is 0.248 e. The van der Waals surface area contributed by atoms with Crippen molar-refractivity contribution in [1.29, 1.82) is 0 Å². The first-order valence-electron chi connectivity index (χ1n) is 8.84. The number of nitrogens with zero attached hydrogens (tertiary/aromatic N) is 1. The Kier molecular flexibility index (Phi) is 6.33. The van der Waals surface area contributed by atoms with Crippen LogP contribution in [0, 0.1) is 0 Å². The average molecular weight is 368 g/mol. The van der Waals surface area contributed by atoms with Crippen LogP contribution in [0.3, 0.4) is 0 Å². The van der Waals surface area contributed by atoms with E-state index in [1.54, 1.807) is 20.3 Å². The van der Waals surface area contributed by atoms with Gasteiger partial charge in [0.1, 0.15) is 0 Å². The van der Waals surface area contributed by atoms with Gasteiger partial charge in [-0.3, -0.25) is 4.79 Å². The topological polar surface area (TPSA) is 60.0 Å². The van der Waals surface area contributed by atoms with Crippen LogP contribution in [0.5, 0.6) is 11.5 Å². The van der Waals surface area contributed by atoms with Crippen molar-refractivity contribution in [3.63, 3.8) is 0 Å². The molecule has 1 fully saturated rings. The molecule has 0 radical (unpaired) electrons. The number of ether oxygens (including phenoxy) is 3. The Morgan fingerprint density at radius 2 is 1.81 bits per heavy atom. The molecule has 3 rings (SSSR count). The summed E-state index contributed by atoms with van der Waals surface area (Å²) in [5.74, 6) is 1.08. The van der Waals surface area contributed by atoms with Gasteiger partial charge in [0.05, 0.1) is 38.8 Å². The number of amides is 1. The van der Waals surface area contributed by atoms with Crippen molar-refractivity contribution in [1.82, 2.24) is 0 Å². The van der Waals surface area contributed by atoms with Crippen molar-refractivity contribution < 1.29 is 19.0 Å². The Morgan fingerprint density at radius 1 is 1.07 bits per heavy atom. The molecule has 0 saturated carbocycles. The molecule has 1 amide bonds. The predicted octanol–water partition coefficient (Wildman–Crippen LogP) is 3.19. The zero-order chi connectivity index (χ0) is 19.1. The molecule has 0 aromatic heterocycles. The summed E-state index contributed by atoms with van der Waals surface area (Å²) in [6, 6.07) is 13.3. The quantitative estimate of drug-likeness (QED) is 0.794. The first kappa shape index (κ1) is 18.8. The van der Waals surface area contributed by atoms with Gasteiger partial charge in [0.15, 0.2) is 11.5 Å². The summed E-state index contributed by atoms with van der Waals surface area (Å²) < 4.78 is 15.9. The molecule has 2 aromatic carbocycles. The van der Waals surface area contributed by atoms with Gasteiger partial charge in [0.25, 0.3) is 0 Å². The largest absolute Gasteiger partial charge is 0.493 e. The lowest BCUT2D eigenvalue weighted by Gasteiger charge is -2.30. The van der Waals surface area contributed by atoms with Crippen LogP contribution in [0.4, 0.5) is 11.4 Å². The average Bonchev–Trinajstić information content (AvgIpc) is 2.73. The van der Waals surface area contributed by atoms with Crippen molar-refractivity contribution >= 4 is 23.4 Å². The number of rotatable bonds is 6. The van der Waals surface area contributed by atoms with Crippen LogP contribution in [0.15, 0.2) is 48.5 Å². The standard InChI is InChI=1S/C21H24N2O4/c1-25-19-9-7-16(15-20(19)26-2)8-10-21(24)22-17-5-3-4-6-18(17)23-11-13-27-14-12-23/h3-10,15H,11-14H2,1-2H3,(H,22,24)/b10-8+. The monoisotopic (exact) mass is 368 g/mol. The number of benzene rings is 2. The Labute approximate surface area is 159 Å². The van der Waals surface area contributed by atoms with Crippen molar-refractivity contribution in [2.75, 3.05) is 50.7 Å². The van der Waals surface area contributed by atoms with Crippen LogP contribution in [-0.2, 0) is 9.53 Å². The SMILES string of the molecule is COc1ccc(/C=C/C(=O)Nc2ccccc2N2CCOCC2)cc1OC. The highest BCUT2D eigenvalue weighted by Crippen LogP contribution is 2.28. The Morgan fingerprint density at radius 3 is 2.56 bits per heavy atom. The summed E-state index contributed by atoms with van der Waals surface area (Å²) in [6.45, 7) is 3.02. The van der Waals surface area contributed by atoms with E-state index in [-0.39, 0.29) is 5.91 Å². The number of hydrogen-bond acceptors (Lipinski definition) is 5. The van der Waals surface area contributed by atoms with Crippen molar-refractivity contribution in [3.05, 3.63) is 54.1 Å². The third-order valence-corrected chi connectivity index (χ3v) is 4.35. The normalized spacial score (nSPS) is 14.2. The minimum absolute atomic E-state index is 0.189. The van der Waals surface area contributed by atoms with Crippen LogP contribution >= 0.6 is 0 Å². The highest BCUT2D eigenvalue weighted by Gasteiger charge is 2.15. The maximum absolute atomic E-state index is 12.4. The van der Waals surface area contributed by atoms with Crippen LogP contribution in [-0.4, -0.2) is 46.4 Å². The van der Waals surface area contributed by atoms with Crippen LogP contribution in [0.1, 0.15) is 5.56 Å². The number of carbonyl (C=O) groups excluding carboxylic acids is 1. The number of para-hydroxylation sites is 2. The Hall–Kier alpha value is -2.99. The number of nitrogens with one attached hydrogen (secondary N) is 1. The van der Waals surface area contributed by atoms with E-state index in [4.69, 9.17) is 14.2 Å². The van der Waals surface area contributed by atoms with E-state index in [9.17, 15) is 4.79 Å². The second-order valence-corrected chi connectivity index (χ2v) is 6.05. The van der Waals surface area contributed by atoms with Gasteiger partial charge in [-0.1, -0.05) is 18.2 Å². The molecule has 1 heterocycles. The highest BCUT2D eigenvalue weighted by atomic mass is 16.5. The fraction of sp³-hybridized carbons (Fsp3) is 0.286. The molecular weight excluding hydrogens is 344 g/mol. The molecule has 1 aliphatic heterocycles. The highest BCUT2D eigenvalue weighted by molar-refractivity contribution is 6.03. The zero-order valence-corrected chi connectivity index (χ0v) is 15.6. The first-order valence-corrected chi connectivity index (χ1v) is 8.84. The fourth-order valence-electron chi connectivity index (χ4n) is 2.96. The number of anilines is 2.